The fourth-order valence-corrected chi connectivity index (χ4v) is 2.52. The van der Waals surface area contributed by atoms with Crippen molar-refractivity contribution in [2.75, 3.05) is 19.6 Å². The van der Waals surface area contributed by atoms with Gasteiger partial charge in [-0.2, -0.15) is 0 Å². The van der Waals surface area contributed by atoms with E-state index in [4.69, 9.17) is 0 Å². The maximum atomic E-state index is 12.0. The number of urea groups is 1. The molecule has 2 aliphatic rings. The molecule has 2 saturated heterocycles. The topological polar surface area (TPSA) is 61.4 Å². The standard InChI is InChI=1S/C12H21N3O2/c1-9-4-3-7-15(8-9)12(17)14-10-5-2-6-13-11(10)16/h9-10H,2-8H2,1H3,(H,13,16)(H,14,17). The third-order valence-corrected chi connectivity index (χ3v) is 3.53. The first kappa shape index (κ1) is 12.2. The van der Waals surface area contributed by atoms with Gasteiger partial charge < -0.3 is 15.5 Å². The van der Waals surface area contributed by atoms with Crippen molar-refractivity contribution in [3.05, 3.63) is 0 Å². The number of hydrogen-bond acceptors (Lipinski definition) is 2. The van der Waals surface area contributed by atoms with E-state index < -0.39 is 0 Å². The molecule has 0 aromatic heterocycles. The third kappa shape index (κ3) is 3.11. The molecule has 0 spiro atoms. The maximum Gasteiger partial charge on any atom is 0.318 e. The summed E-state index contributed by atoms with van der Waals surface area (Å²) in [5.74, 6) is 0.518. The average Bonchev–Trinajstić information content (AvgIpc) is 2.32. The molecule has 0 aromatic rings. The summed E-state index contributed by atoms with van der Waals surface area (Å²) in [6, 6.07) is -0.424. The van der Waals surface area contributed by atoms with Crippen molar-refractivity contribution in [1.29, 1.82) is 0 Å². The lowest BCUT2D eigenvalue weighted by molar-refractivity contribution is -0.124. The van der Waals surface area contributed by atoms with Crippen LogP contribution in [0.4, 0.5) is 4.79 Å². The second kappa shape index (κ2) is 5.38. The molecule has 0 aliphatic carbocycles. The lowest BCUT2D eigenvalue weighted by Gasteiger charge is -2.33. The van der Waals surface area contributed by atoms with Gasteiger partial charge in [0.05, 0.1) is 0 Å². The van der Waals surface area contributed by atoms with Crippen molar-refractivity contribution in [3.8, 4) is 0 Å². The number of carbonyl (C=O) groups excluding carboxylic acids is 2. The van der Waals surface area contributed by atoms with Gasteiger partial charge in [-0.25, -0.2) is 4.79 Å². The Morgan fingerprint density at radius 1 is 1.41 bits per heavy atom. The Balaban J connectivity index is 1.85. The minimum Gasteiger partial charge on any atom is -0.354 e. The molecule has 2 rings (SSSR count). The molecule has 0 radical (unpaired) electrons. The van der Waals surface area contributed by atoms with Gasteiger partial charge in [-0.05, 0) is 31.6 Å². The molecule has 96 valence electrons. The number of piperidine rings is 2. The number of likely N-dealkylation sites (tertiary alicyclic amines) is 1. The van der Waals surface area contributed by atoms with Gasteiger partial charge >= 0.3 is 6.03 Å². The van der Waals surface area contributed by atoms with Gasteiger partial charge in [0.1, 0.15) is 6.04 Å². The molecule has 2 N–H and O–H groups in total. The Morgan fingerprint density at radius 3 is 2.94 bits per heavy atom. The Labute approximate surface area is 102 Å². The lowest BCUT2D eigenvalue weighted by atomic mass is 10.0. The number of amides is 3. The fraction of sp³-hybridized carbons (Fsp3) is 0.833. The molecule has 5 nitrogen and oxygen atoms in total. The molecule has 2 heterocycles. The quantitative estimate of drug-likeness (QED) is 0.708. The molecule has 0 aromatic carbocycles. The van der Waals surface area contributed by atoms with Gasteiger partial charge in [-0.15, -0.1) is 0 Å². The van der Waals surface area contributed by atoms with Crippen molar-refractivity contribution in [2.24, 2.45) is 5.92 Å². The van der Waals surface area contributed by atoms with E-state index in [9.17, 15) is 9.59 Å². The number of nitrogens with one attached hydrogen (secondary N) is 2. The SMILES string of the molecule is CC1CCCN(C(=O)NC2CCCNC2=O)C1. The highest BCUT2D eigenvalue weighted by Crippen LogP contribution is 2.15. The summed E-state index contributed by atoms with van der Waals surface area (Å²) < 4.78 is 0. The summed E-state index contributed by atoms with van der Waals surface area (Å²) in [7, 11) is 0. The predicted octanol–water partition coefficient (Wildman–Crippen LogP) is 0.706. The van der Waals surface area contributed by atoms with Crippen LogP contribution in [0.1, 0.15) is 32.6 Å². The van der Waals surface area contributed by atoms with Crippen molar-refractivity contribution < 1.29 is 9.59 Å². The molecule has 2 atom stereocenters. The molecule has 0 saturated carbocycles. The van der Waals surface area contributed by atoms with E-state index in [1.807, 2.05) is 4.90 Å². The lowest BCUT2D eigenvalue weighted by Crippen LogP contribution is -2.54. The van der Waals surface area contributed by atoms with E-state index in [2.05, 4.69) is 17.6 Å². The second-order valence-electron chi connectivity index (χ2n) is 5.13. The minimum absolute atomic E-state index is 0.0466. The highest BCUT2D eigenvalue weighted by molar-refractivity contribution is 5.87. The average molecular weight is 239 g/mol. The zero-order chi connectivity index (χ0) is 12.3. The Morgan fingerprint density at radius 2 is 2.24 bits per heavy atom. The van der Waals surface area contributed by atoms with Crippen molar-refractivity contribution in [3.63, 3.8) is 0 Å². The molecule has 0 bridgehead atoms. The van der Waals surface area contributed by atoms with Gasteiger partial charge in [-0.3, -0.25) is 4.79 Å². The molecule has 3 amide bonds. The first-order chi connectivity index (χ1) is 8.16. The molecular weight excluding hydrogens is 218 g/mol. The van der Waals surface area contributed by atoms with Crippen molar-refractivity contribution >= 4 is 11.9 Å². The van der Waals surface area contributed by atoms with Crippen LogP contribution in [0.3, 0.4) is 0 Å². The first-order valence-electron chi connectivity index (χ1n) is 6.50. The van der Waals surface area contributed by atoms with E-state index in [-0.39, 0.29) is 18.0 Å². The number of nitrogens with zero attached hydrogens (tertiary/aromatic N) is 1. The van der Waals surface area contributed by atoms with Gasteiger partial charge in [0.15, 0.2) is 0 Å². The Hall–Kier alpha value is -1.26. The number of carbonyl (C=O) groups is 2. The highest BCUT2D eigenvalue weighted by Gasteiger charge is 2.27. The van der Waals surface area contributed by atoms with Crippen LogP contribution in [0.25, 0.3) is 0 Å². The van der Waals surface area contributed by atoms with Crippen LogP contribution >= 0.6 is 0 Å². The van der Waals surface area contributed by atoms with Crippen LogP contribution in [-0.4, -0.2) is 42.5 Å². The summed E-state index contributed by atoms with van der Waals surface area (Å²) >= 11 is 0. The maximum absolute atomic E-state index is 12.0. The molecule has 2 fully saturated rings. The van der Waals surface area contributed by atoms with Gasteiger partial charge in [0, 0.05) is 19.6 Å². The smallest absolute Gasteiger partial charge is 0.318 e. The van der Waals surface area contributed by atoms with Crippen LogP contribution in [0.5, 0.6) is 0 Å². The zero-order valence-corrected chi connectivity index (χ0v) is 10.4. The first-order valence-corrected chi connectivity index (χ1v) is 6.50. The molecular formula is C12H21N3O2. The Bertz CT molecular complexity index is 306. The summed E-state index contributed by atoms with van der Waals surface area (Å²) in [5.41, 5.74) is 0. The van der Waals surface area contributed by atoms with E-state index in [0.29, 0.717) is 5.92 Å². The molecule has 5 heteroatoms. The van der Waals surface area contributed by atoms with Gasteiger partial charge in [0.2, 0.25) is 5.91 Å². The predicted molar refractivity (Wildman–Crippen MR) is 64.5 cm³/mol. The fourth-order valence-electron chi connectivity index (χ4n) is 2.52. The van der Waals surface area contributed by atoms with Crippen LogP contribution in [0, 0.1) is 5.92 Å². The summed E-state index contributed by atoms with van der Waals surface area (Å²) in [4.78, 5) is 25.4. The normalized spacial score (nSPS) is 29.7. The number of hydrogen-bond donors (Lipinski definition) is 2. The highest BCUT2D eigenvalue weighted by atomic mass is 16.2. The summed E-state index contributed by atoms with van der Waals surface area (Å²) in [5, 5.41) is 5.61. The van der Waals surface area contributed by atoms with Crippen LogP contribution < -0.4 is 10.6 Å². The third-order valence-electron chi connectivity index (χ3n) is 3.53. The largest absolute Gasteiger partial charge is 0.354 e. The molecule has 17 heavy (non-hydrogen) atoms. The van der Waals surface area contributed by atoms with Crippen LogP contribution in [0.15, 0.2) is 0 Å². The Kier molecular flexibility index (Phi) is 3.86. The molecule has 2 aliphatic heterocycles. The van der Waals surface area contributed by atoms with E-state index >= 15 is 0 Å². The van der Waals surface area contributed by atoms with E-state index in [0.717, 1.165) is 38.9 Å². The summed E-state index contributed by atoms with van der Waals surface area (Å²) in [6.07, 6.45) is 3.94. The monoisotopic (exact) mass is 239 g/mol. The molecule has 2 unspecified atom stereocenters. The van der Waals surface area contributed by atoms with Crippen molar-refractivity contribution in [1.82, 2.24) is 15.5 Å². The van der Waals surface area contributed by atoms with E-state index in [1.165, 1.54) is 6.42 Å². The van der Waals surface area contributed by atoms with Crippen LogP contribution in [-0.2, 0) is 4.79 Å². The second-order valence-corrected chi connectivity index (χ2v) is 5.13. The summed E-state index contributed by atoms with van der Waals surface area (Å²) in [6.45, 7) is 4.50. The van der Waals surface area contributed by atoms with Gasteiger partial charge in [-0.1, -0.05) is 6.92 Å². The minimum atomic E-state index is -0.339. The van der Waals surface area contributed by atoms with E-state index in [1.54, 1.807) is 0 Å². The van der Waals surface area contributed by atoms with Crippen LogP contribution in [0.2, 0.25) is 0 Å². The van der Waals surface area contributed by atoms with Crippen molar-refractivity contribution in [2.45, 2.75) is 38.6 Å². The van der Waals surface area contributed by atoms with Gasteiger partial charge in [0.25, 0.3) is 0 Å². The number of rotatable bonds is 1. The zero-order valence-electron chi connectivity index (χ0n) is 10.4.